The molecule has 1 aromatic carbocycles. The lowest BCUT2D eigenvalue weighted by atomic mass is 9.34. The molecule has 0 radical (unpaired) electrons. The van der Waals surface area contributed by atoms with Crippen molar-refractivity contribution in [2.24, 2.45) is 11.3 Å². The first-order valence-electron chi connectivity index (χ1n) is 10.6. The Balaban J connectivity index is 1.69. The third kappa shape index (κ3) is 1.53. The van der Waals surface area contributed by atoms with Crippen molar-refractivity contribution in [3.63, 3.8) is 0 Å². The van der Waals surface area contributed by atoms with Gasteiger partial charge in [0.2, 0.25) is 0 Å². The molecule has 0 N–H and O–H groups in total. The van der Waals surface area contributed by atoms with Gasteiger partial charge in [0.1, 0.15) is 17.5 Å². The third-order valence-electron chi connectivity index (χ3n) is 9.32. The standard InChI is InChI=1S/C23H29NO4/c1-13(25)15-12-21-7-8-23(15,27-4)20-22(21)9-10-24(2)17(21)11-14-5-6-16(26-3)19(28-20)18(14)22/h5-6,15,17,20H,7-12H2,1-4H3/t15-,17-,20+,21+,22-,23+/m0/s1. The summed E-state index contributed by atoms with van der Waals surface area (Å²) in [6, 6.07) is 4.75. The number of fused-ring (bicyclic) bond motifs is 2. The zero-order chi connectivity index (χ0) is 19.5. The largest absolute Gasteiger partial charge is 0.493 e. The van der Waals surface area contributed by atoms with Crippen LogP contribution in [0.2, 0.25) is 0 Å². The Kier molecular flexibility index (Phi) is 3.16. The molecule has 0 aromatic heterocycles. The SMILES string of the molecule is COc1ccc2c3c1O[C@H]1[C@@]4(OC)CC[C@@]5(C[C@H]4C(C)=O)[C@H](C2)N(C)CC[C@]315. The van der Waals surface area contributed by atoms with Gasteiger partial charge in [0, 0.05) is 29.5 Å². The molecule has 3 saturated carbocycles. The summed E-state index contributed by atoms with van der Waals surface area (Å²) in [5.74, 6) is 1.89. The number of likely N-dealkylation sites (N-methyl/N-ethyl adjacent to an activating group) is 1. The van der Waals surface area contributed by atoms with E-state index < -0.39 is 5.60 Å². The zero-order valence-corrected chi connectivity index (χ0v) is 17.2. The van der Waals surface area contributed by atoms with E-state index in [0.717, 1.165) is 50.1 Å². The van der Waals surface area contributed by atoms with Crippen LogP contribution in [0.5, 0.6) is 11.5 Å². The predicted octanol–water partition coefficient (Wildman–Crippen LogP) is 2.73. The van der Waals surface area contributed by atoms with Crippen LogP contribution < -0.4 is 9.47 Å². The highest BCUT2D eigenvalue weighted by Crippen LogP contribution is 2.76. The second-order valence-electron chi connectivity index (χ2n) is 9.73. The molecule has 7 rings (SSSR count). The van der Waals surface area contributed by atoms with E-state index in [1.54, 1.807) is 21.1 Å². The van der Waals surface area contributed by atoms with Crippen LogP contribution in [0.4, 0.5) is 0 Å². The van der Waals surface area contributed by atoms with Gasteiger partial charge in [0.15, 0.2) is 11.5 Å². The van der Waals surface area contributed by atoms with Crippen LogP contribution in [0, 0.1) is 11.3 Å². The predicted molar refractivity (Wildman–Crippen MR) is 104 cm³/mol. The van der Waals surface area contributed by atoms with Gasteiger partial charge in [-0.25, -0.2) is 0 Å². The topological polar surface area (TPSA) is 48.0 Å². The lowest BCUT2D eigenvalue weighted by Crippen LogP contribution is -2.81. The lowest BCUT2D eigenvalue weighted by molar-refractivity contribution is -0.270. The molecule has 0 amide bonds. The molecule has 2 heterocycles. The van der Waals surface area contributed by atoms with Crippen molar-refractivity contribution in [3.8, 4) is 11.5 Å². The smallest absolute Gasteiger partial charge is 0.165 e. The quantitative estimate of drug-likeness (QED) is 0.803. The number of carbonyl (C=O) groups excluding carboxylic acids is 1. The molecule has 150 valence electrons. The monoisotopic (exact) mass is 383 g/mol. The number of piperidine rings is 1. The highest BCUT2D eigenvalue weighted by molar-refractivity contribution is 5.81. The van der Waals surface area contributed by atoms with Gasteiger partial charge in [-0.2, -0.15) is 0 Å². The molecule has 4 aliphatic carbocycles. The van der Waals surface area contributed by atoms with E-state index in [-0.39, 0.29) is 28.6 Å². The Bertz CT molecular complexity index is 899. The van der Waals surface area contributed by atoms with Crippen molar-refractivity contribution < 1.29 is 19.0 Å². The van der Waals surface area contributed by atoms with Gasteiger partial charge in [0.25, 0.3) is 0 Å². The van der Waals surface area contributed by atoms with Gasteiger partial charge in [-0.1, -0.05) is 6.07 Å². The van der Waals surface area contributed by atoms with E-state index >= 15 is 0 Å². The van der Waals surface area contributed by atoms with E-state index in [2.05, 4.69) is 24.1 Å². The maximum absolute atomic E-state index is 12.8. The van der Waals surface area contributed by atoms with E-state index in [0.29, 0.717) is 6.04 Å². The fourth-order valence-electron chi connectivity index (χ4n) is 8.30. The summed E-state index contributed by atoms with van der Waals surface area (Å²) in [5, 5.41) is 0. The number of methoxy groups -OCH3 is 2. The summed E-state index contributed by atoms with van der Waals surface area (Å²) < 4.78 is 18.8. The normalized spacial score (nSPS) is 44.8. The van der Waals surface area contributed by atoms with Crippen LogP contribution in [0.3, 0.4) is 0 Å². The minimum Gasteiger partial charge on any atom is -0.493 e. The van der Waals surface area contributed by atoms with Crippen molar-refractivity contribution in [1.82, 2.24) is 4.90 Å². The van der Waals surface area contributed by atoms with Crippen LogP contribution in [0.25, 0.3) is 0 Å². The molecule has 6 atom stereocenters. The Morgan fingerprint density at radius 3 is 2.79 bits per heavy atom. The van der Waals surface area contributed by atoms with Gasteiger partial charge in [0.05, 0.1) is 13.0 Å². The van der Waals surface area contributed by atoms with Crippen molar-refractivity contribution in [2.45, 2.75) is 62.2 Å². The first-order valence-corrected chi connectivity index (χ1v) is 10.6. The molecule has 4 fully saturated rings. The molecule has 2 aliphatic heterocycles. The number of Topliss-reactive ketones (excluding diaryl/α,β-unsaturated/α-hetero) is 1. The number of nitrogens with zero attached hydrogens (tertiary/aromatic N) is 1. The first kappa shape index (κ1) is 17.3. The second-order valence-corrected chi connectivity index (χ2v) is 9.73. The number of carbonyl (C=O) groups is 1. The maximum Gasteiger partial charge on any atom is 0.165 e. The van der Waals surface area contributed by atoms with E-state index in [1.165, 1.54) is 11.1 Å². The molecular weight excluding hydrogens is 354 g/mol. The van der Waals surface area contributed by atoms with Gasteiger partial charge < -0.3 is 19.1 Å². The number of rotatable bonds is 3. The molecule has 0 unspecified atom stereocenters. The van der Waals surface area contributed by atoms with Crippen LogP contribution in [-0.2, 0) is 21.4 Å². The van der Waals surface area contributed by atoms with Crippen molar-refractivity contribution in [2.75, 3.05) is 27.8 Å². The molecule has 1 aromatic rings. The van der Waals surface area contributed by atoms with Gasteiger partial charge >= 0.3 is 0 Å². The van der Waals surface area contributed by atoms with Crippen LogP contribution in [0.15, 0.2) is 12.1 Å². The van der Waals surface area contributed by atoms with Crippen LogP contribution >= 0.6 is 0 Å². The summed E-state index contributed by atoms with van der Waals surface area (Å²) in [4.78, 5) is 15.4. The molecule has 4 bridgehead atoms. The number of hydrogen-bond acceptors (Lipinski definition) is 5. The number of likely N-dealkylation sites (tertiary alicyclic amines) is 1. The third-order valence-corrected chi connectivity index (χ3v) is 9.32. The average molecular weight is 383 g/mol. The molecule has 6 aliphatic rings. The minimum absolute atomic E-state index is 0.0676. The van der Waals surface area contributed by atoms with Crippen molar-refractivity contribution in [3.05, 3.63) is 23.3 Å². The summed E-state index contributed by atoms with van der Waals surface area (Å²) in [7, 11) is 5.77. The summed E-state index contributed by atoms with van der Waals surface area (Å²) >= 11 is 0. The Hall–Kier alpha value is -1.59. The average Bonchev–Trinajstić information content (AvgIpc) is 3.07. The lowest BCUT2D eigenvalue weighted by Gasteiger charge is -2.73. The summed E-state index contributed by atoms with van der Waals surface area (Å²) in [6.45, 7) is 2.80. The molecule has 2 spiro atoms. The summed E-state index contributed by atoms with van der Waals surface area (Å²) in [5.41, 5.74) is 2.25. The van der Waals surface area contributed by atoms with E-state index in [9.17, 15) is 4.79 Å². The minimum atomic E-state index is -0.535. The highest BCUT2D eigenvalue weighted by atomic mass is 16.6. The number of benzene rings is 1. The van der Waals surface area contributed by atoms with Crippen molar-refractivity contribution in [1.29, 1.82) is 0 Å². The fourth-order valence-corrected chi connectivity index (χ4v) is 8.30. The fraction of sp³-hybridized carbons (Fsp3) is 0.696. The Morgan fingerprint density at radius 2 is 2.07 bits per heavy atom. The molecule has 5 heteroatoms. The van der Waals surface area contributed by atoms with E-state index in [1.807, 2.05) is 0 Å². The summed E-state index contributed by atoms with van der Waals surface area (Å²) in [6.07, 6.45) is 4.91. The van der Waals surface area contributed by atoms with Crippen LogP contribution in [-0.4, -0.2) is 56.2 Å². The van der Waals surface area contributed by atoms with Crippen molar-refractivity contribution >= 4 is 5.78 Å². The second kappa shape index (κ2) is 5.11. The molecule has 28 heavy (non-hydrogen) atoms. The Morgan fingerprint density at radius 1 is 1.25 bits per heavy atom. The van der Waals surface area contributed by atoms with Gasteiger partial charge in [-0.05, 0) is 64.3 Å². The zero-order valence-electron chi connectivity index (χ0n) is 17.2. The number of ketones is 1. The van der Waals surface area contributed by atoms with Gasteiger partial charge in [-0.3, -0.25) is 4.79 Å². The number of ether oxygens (including phenoxy) is 3. The molecular formula is C23H29NO4. The molecule has 1 saturated heterocycles. The maximum atomic E-state index is 12.8. The Labute approximate surface area is 166 Å². The highest BCUT2D eigenvalue weighted by Gasteiger charge is 2.80. The van der Waals surface area contributed by atoms with E-state index in [4.69, 9.17) is 14.2 Å². The molecule has 5 nitrogen and oxygen atoms in total. The first-order chi connectivity index (χ1) is 13.4. The van der Waals surface area contributed by atoms with Crippen LogP contribution in [0.1, 0.15) is 43.7 Å². The van der Waals surface area contributed by atoms with Gasteiger partial charge in [-0.15, -0.1) is 0 Å². The number of hydrogen-bond donors (Lipinski definition) is 0.